The zero-order valence-corrected chi connectivity index (χ0v) is 13.2. The summed E-state index contributed by atoms with van der Waals surface area (Å²) >= 11 is 6.00. The van der Waals surface area contributed by atoms with E-state index in [9.17, 15) is 0 Å². The Kier molecular flexibility index (Phi) is 6.29. The number of alkyl halides is 1. The minimum atomic E-state index is 0.390. The number of halogens is 1. The van der Waals surface area contributed by atoms with Gasteiger partial charge in [-0.05, 0) is 18.6 Å². The molecule has 1 aromatic carbocycles. The second-order valence-corrected chi connectivity index (χ2v) is 4.89. The van der Waals surface area contributed by atoms with Crippen molar-refractivity contribution in [1.82, 2.24) is 9.55 Å². The molecule has 0 aliphatic carbocycles. The van der Waals surface area contributed by atoms with Crippen molar-refractivity contribution in [2.45, 2.75) is 18.8 Å². The van der Waals surface area contributed by atoms with Gasteiger partial charge in [-0.25, -0.2) is 4.98 Å². The molecule has 2 aromatic rings. The molecule has 0 radical (unpaired) electrons. The van der Waals surface area contributed by atoms with E-state index < -0.39 is 0 Å². The molecular formula is C15H21ClN2O3. The predicted octanol–water partition coefficient (Wildman–Crippen LogP) is 2.84. The number of aryl methyl sites for hydroxylation is 1. The average molecular weight is 313 g/mol. The molecular weight excluding hydrogens is 292 g/mol. The minimum Gasteiger partial charge on any atom is -0.497 e. The normalized spacial score (nSPS) is 11.2. The lowest BCUT2D eigenvalue weighted by molar-refractivity contribution is 0.0681. The predicted molar refractivity (Wildman–Crippen MR) is 83.2 cm³/mol. The van der Waals surface area contributed by atoms with E-state index in [-0.39, 0.29) is 0 Å². The SMILES string of the molecule is COCCOCCCn1c(CCl)nc2cc(OC)ccc21. The van der Waals surface area contributed by atoms with E-state index in [0.29, 0.717) is 25.7 Å². The monoisotopic (exact) mass is 312 g/mol. The second-order valence-electron chi connectivity index (χ2n) is 4.63. The first-order chi connectivity index (χ1) is 10.3. The lowest BCUT2D eigenvalue weighted by Gasteiger charge is -2.08. The number of fused-ring (bicyclic) bond motifs is 1. The Morgan fingerprint density at radius 1 is 1.19 bits per heavy atom. The molecule has 0 fully saturated rings. The lowest BCUT2D eigenvalue weighted by Crippen LogP contribution is -2.08. The van der Waals surface area contributed by atoms with Crippen LogP contribution in [-0.4, -0.2) is 43.6 Å². The van der Waals surface area contributed by atoms with Crippen LogP contribution in [-0.2, 0) is 21.9 Å². The summed E-state index contributed by atoms with van der Waals surface area (Å²) in [5, 5.41) is 0. The van der Waals surface area contributed by atoms with Gasteiger partial charge >= 0.3 is 0 Å². The van der Waals surface area contributed by atoms with Gasteiger partial charge in [0.25, 0.3) is 0 Å². The molecule has 1 heterocycles. The number of hydrogen-bond donors (Lipinski definition) is 0. The summed E-state index contributed by atoms with van der Waals surface area (Å²) in [5.74, 6) is 2.06. The molecule has 6 heteroatoms. The molecule has 1 aromatic heterocycles. The topological polar surface area (TPSA) is 45.5 Å². The number of benzene rings is 1. The third-order valence-electron chi connectivity index (χ3n) is 3.26. The van der Waals surface area contributed by atoms with Crippen molar-refractivity contribution in [3.63, 3.8) is 0 Å². The van der Waals surface area contributed by atoms with Gasteiger partial charge in [0.1, 0.15) is 11.6 Å². The number of ether oxygens (including phenoxy) is 3. The fourth-order valence-electron chi connectivity index (χ4n) is 2.21. The molecule has 0 saturated heterocycles. The lowest BCUT2D eigenvalue weighted by atomic mass is 10.3. The molecule has 0 spiro atoms. The summed E-state index contributed by atoms with van der Waals surface area (Å²) in [7, 11) is 3.32. The number of aromatic nitrogens is 2. The second kappa shape index (κ2) is 8.22. The third-order valence-corrected chi connectivity index (χ3v) is 3.50. The maximum Gasteiger partial charge on any atom is 0.124 e. The Balaban J connectivity index is 2.03. The zero-order chi connectivity index (χ0) is 15.1. The van der Waals surface area contributed by atoms with E-state index >= 15 is 0 Å². The van der Waals surface area contributed by atoms with Crippen LogP contribution in [0.4, 0.5) is 0 Å². The van der Waals surface area contributed by atoms with Gasteiger partial charge in [-0.2, -0.15) is 0 Å². The number of imidazole rings is 1. The number of nitrogens with zero attached hydrogens (tertiary/aromatic N) is 2. The van der Waals surface area contributed by atoms with Crippen molar-refractivity contribution in [3.8, 4) is 5.75 Å². The first-order valence-electron chi connectivity index (χ1n) is 6.96. The largest absolute Gasteiger partial charge is 0.497 e. The van der Waals surface area contributed by atoms with E-state index in [1.807, 2.05) is 18.2 Å². The molecule has 0 unspecified atom stereocenters. The summed E-state index contributed by atoms with van der Waals surface area (Å²) in [6, 6.07) is 5.88. The zero-order valence-electron chi connectivity index (χ0n) is 12.5. The Morgan fingerprint density at radius 2 is 2.05 bits per heavy atom. The van der Waals surface area contributed by atoms with Crippen LogP contribution < -0.4 is 4.74 Å². The van der Waals surface area contributed by atoms with Gasteiger partial charge in [-0.3, -0.25) is 0 Å². The van der Waals surface area contributed by atoms with Crippen LogP contribution in [0.1, 0.15) is 12.2 Å². The Hall–Kier alpha value is -1.30. The fourth-order valence-corrected chi connectivity index (χ4v) is 2.41. The van der Waals surface area contributed by atoms with Crippen molar-refractivity contribution < 1.29 is 14.2 Å². The van der Waals surface area contributed by atoms with E-state index in [4.69, 9.17) is 25.8 Å². The van der Waals surface area contributed by atoms with Crippen molar-refractivity contribution >= 4 is 22.6 Å². The first kappa shape index (κ1) is 16.1. The summed E-state index contributed by atoms with van der Waals surface area (Å²) < 4.78 is 17.8. The van der Waals surface area contributed by atoms with Crippen molar-refractivity contribution in [1.29, 1.82) is 0 Å². The maximum absolute atomic E-state index is 6.00. The van der Waals surface area contributed by atoms with E-state index in [2.05, 4.69) is 9.55 Å². The molecule has 0 aliphatic rings. The Bertz CT molecular complexity index is 571. The van der Waals surface area contributed by atoms with Gasteiger partial charge in [0.05, 0.1) is 37.2 Å². The summed E-state index contributed by atoms with van der Waals surface area (Å²) in [6.07, 6.45) is 0.908. The molecule has 5 nitrogen and oxygen atoms in total. The molecule has 0 N–H and O–H groups in total. The number of rotatable bonds is 9. The molecule has 0 atom stereocenters. The fraction of sp³-hybridized carbons (Fsp3) is 0.533. The summed E-state index contributed by atoms with van der Waals surface area (Å²) in [5.41, 5.74) is 1.98. The average Bonchev–Trinajstić information content (AvgIpc) is 2.87. The highest BCUT2D eigenvalue weighted by atomic mass is 35.5. The number of methoxy groups -OCH3 is 2. The molecule has 0 amide bonds. The molecule has 21 heavy (non-hydrogen) atoms. The van der Waals surface area contributed by atoms with E-state index in [0.717, 1.165) is 35.6 Å². The van der Waals surface area contributed by atoms with Crippen LogP contribution >= 0.6 is 11.6 Å². The van der Waals surface area contributed by atoms with Crippen LogP contribution in [0.15, 0.2) is 18.2 Å². The van der Waals surface area contributed by atoms with Crippen LogP contribution in [0.25, 0.3) is 11.0 Å². The molecule has 2 rings (SSSR count). The van der Waals surface area contributed by atoms with Gasteiger partial charge in [0, 0.05) is 26.3 Å². The first-order valence-corrected chi connectivity index (χ1v) is 7.49. The Labute approximate surface area is 129 Å². The van der Waals surface area contributed by atoms with E-state index in [1.54, 1.807) is 14.2 Å². The minimum absolute atomic E-state index is 0.390. The van der Waals surface area contributed by atoms with Crippen molar-refractivity contribution in [2.75, 3.05) is 34.0 Å². The maximum atomic E-state index is 6.00. The van der Waals surface area contributed by atoms with Crippen LogP contribution in [0.5, 0.6) is 5.75 Å². The molecule has 0 aliphatic heterocycles. The molecule has 0 bridgehead atoms. The molecule has 116 valence electrons. The standard InChI is InChI=1S/C15H21ClN2O3/c1-19-8-9-21-7-3-6-18-14-5-4-12(20-2)10-13(14)17-15(18)11-16/h4-5,10H,3,6-9,11H2,1-2H3. The van der Waals surface area contributed by atoms with Gasteiger partial charge in [-0.15, -0.1) is 11.6 Å². The van der Waals surface area contributed by atoms with Gasteiger partial charge in [0.15, 0.2) is 0 Å². The quantitative estimate of drug-likeness (QED) is 0.527. The highest BCUT2D eigenvalue weighted by Crippen LogP contribution is 2.22. The van der Waals surface area contributed by atoms with Crippen LogP contribution in [0.2, 0.25) is 0 Å². The van der Waals surface area contributed by atoms with Gasteiger partial charge in [0.2, 0.25) is 0 Å². The highest BCUT2D eigenvalue weighted by Gasteiger charge is 2.10. The smallest absolute Gasteiger partial charge is 0.124 e. The third kappa shape index (κ3) is 4.09. The van der Waals surface area contributed by atoms with Crippen LogP contribution in [0.3, 0.4) is 0 Å². The van der Waals surface area contributed by atoms with Crippen molar-refractivity contribution in [2.24, 2.45) is 0 Å². The Morgan fingerprint density at radius 3 is 2.76 bits per heavy atom. The highest BCUT2D eigenvalue weighted by molar-refractivity contribution is 6.16. The van der Waals surface area contributed by atoms with Gasteiger partial charge in [-0.1, -0.05) is 0 Å². The summed E-state index contributed by atoms with van der Waals surface area (Å²) in [4.78, 5) is 4.56. The van der Waals surface area contributed by atoms with Gasteiger partial charge < -0.3 is 18.8 Å². The summed E-state index contributed by atoms with van der Waals surface area (Å²) in [6.45, 7) is 2.78. The van der Waals surface area contributed by atoms with Crippen molar-refractivity contribution in [3.05, 3.63) is 24.0 Å². The number of hydrogen-bond acceptors (Lipinski definition) is 4. The van der Waals surface area contributed by atoms with Crippen LogP contribution in [0, 0.1) is 0 Å². The molecule has 0 saturated carbocycles. The van der Waals surface area contributed by atoms with E-state index in [1.165, 1.54) is 0 Å².